The van der Waals surface area contributed by atoms with Gasteiger partial charge in [0.2, 0.25) is 0 Å². The van der Waals surface area contributed by atoms with Crippen LogP contribution in [-0.2, 0) is 9.53 Å². The second kappa shape index (κ2) is 4.68. The lowest BCUT2D eigenvalue weighted by atomic mass is 9.61. The zero-order valence-corrected chi connectivity index (χ0v) is 13.5. The molecule has 4 aliphatic heterocycles. The lowest BCUT2D eigenvalue weighted by Gasteiger charge is -2.45. The van der Waals surface area contributed by atoms with Gasteiger partial charge in [0.1, 0.15) is 29.1 Å². The average molecular weight is 365 g/mol. The number of rotatable bonds is 1. The van der Waals surface area contributed by atoms with Crippen LogP contribution in [0.3, 0.4) is 0 Å². The first-order valence-corrected chi connectivity index (χ1v) is 8.35. The first-order chi connectivity index (χ1) is 12.3. The smallest absolute Gasteiger partial charge is 0.396 e. The van der Waals surface area contributed by atoms with E-state index in [4.69, 9.17) is 9.47 Å². The summed E-state index contributed by atoms with van der Waals surface area (Å²) in [6, 6.07) is 1.67. The fourth-order valence-corrected chi connectivity index (χ4v) is 4.76. The third-order valence-electron chi connectivity index (χ3n) is 6.08. The predicted octanol–water partition coefficient (Wildman–Crippen LogP) is 2.10. The molecular weight excluding hydrogens is 351 g/mol. The minimum absolute atomic E-state index is 0.271. The molecule has 26 heavy (non-hydrogen) atoms. The summed E-state index contributed by atoms with van der Waals surface area (Å²) in [5.41, 5.74) is -2.35. The van der Waals surface area contributed by atoms with Gasteiger partial charge in [-0.2, -0.15) is 18.4 Å². The van der Waals surface area contributed by atoms with E-state index in [9.17, 15) is 23.2 Å². The van der Waals surface area contributed by atoms with E-state index < -0.39 is 29.7 Å². The summed E-state index contributed by atoms with van der Waals surface area (Å²) in [4.78, 5) is 18.6. The van der Waals surface area contributed by atoms with Crippen LogP contribution in [0, 0.1) is 16.7 Å². The number of carbonyl (C=O) groups is 1. The van der Waals surface area contributed by atoms with Crippen LogP contribution in [0.2, 0.25) is 0 Å². The van der Waals surface area contributed by atoms with Crippen molar-refractivity contribution >= 4 is 5.91 Å². The van der Waals surface area contributed by atoms with E-state index in [1.807, 2.05) is 6.07 Å². The van der Waals surface area contributed by atoms with Crippen LogP contribution in [-0.4, -0.2) is 46.8 Å². The van der Waals surface area contributed by atoms with E-state index in [0.717, 1.165) is 0 Å². The van der Waals surface area contributed by atoms with Crippen LogP contribution >= 0.6 is 0 Å². The first kappa shape index (κ1) is 15.9. The highest BCUT2D eigenvalue weighted by atomic mass is 19.4. The molecule has 3 saturated heterocycles. The van der Waals surface area contributed by atoms with E-state index in [-0.39, 0.29) is 31.5 Å². The minimum atomic E-state index is -4.37. The Morgan fingerprint density at radius 3 is 2.81 bits per heavy atom. The van der Waals surface area contributed by atoms with Crippen molar-refractivity contribution in [2.24, 2.45) is 5.41 Å². The number of hydrogen-bond acceptors (Lipinski definition) is 5. The van der Waals surface area contributed by atoms with Gasteiger partial charge in [0.15, 0.2) is 0 Å². The van der Waals surface area contributed by atoms with Crippen molar-refractivity contribution in [3.63, 3.8) is 0 Å². The normalized spacial score (nSPS) is 36.8. The molecule has 9 heteroatoms. The van der Waals surface area contributed by atoms with Crippen LogP contribution in [0.15, 0.2) is 12.4 Å². The second-order valence-corrected chi connectivity index (χ2v) is 7.58. The third-order valence-corrected chi connectivity index (χ3v) is 6.08. The Balaban J connectivity index is 1.45. The fraction of sp³-hybridized carbons (Fsp3) is 0.588. The molecule has 1 aromatic rings. The SMILES string of the molecule is N#Cc1cncc2c1O[C@H]1C[C@@H]2N(C(=O)C23CC(C(F)(F)F)(CO2)C3)C1. The van der Waals surface area contributed by atoms with Crippen molar-refractivity contribution in [3.8, 4) is 11.8 Å². The molecule has 6 rings (SSSR count). The molecule has 5 heterocycles. The van der Waals surface area contributed by atoms with E-state index >= 15 is 0 Å². The number of hydrogen-bond donors (Lipinski definition) is 0. The van der Waals surface area contributed by atoms with Gasteiger partial charge in [-0.3, -0.25) is 9.78 Å². The third kappa shape index (κ3) is 1.80. The molecule has 0 aromatic carbocycles. The van der Waals surface area contributed by atoms with E-state index in [1.165, 1.54) is 6.20 Å². The Morgan fingerprint density at radius 2 is 2.15 bits per heavy atom. The molecule has 1 amide bonds. The standard InChI is InChI=1S/C17H14F3N3O3/c18-17(19,20)15-6-16(7-15,25-8-15)14(24)23-5-10-1-12(23)11-4-22-3-9(2-21)13(11)26-10/h3-4,10,12H,1,5-8H2/t10-,12-,15?,16?/m0/s1. The quantitative estimate of drug-likeness (QED) is 0.762. The molecule has 1 aromatic heterocycles. The molecule has 0 spiro atoms. The first-order valence-electron chi connectivity index (χ1n) is 8.35. The summed E-state index contributed by atoms with van der Waals surface area (Å²) < 4.78 is 50.9. The van der Waals surface area contributed by atoms with Crippen LogP contribution in [0.4, 0.5) is 13.2 Å². The predicted molar refractivity (Wildman–Crippen MR) is 78.8 cm³/mol. The zero-order chi connectivity index (χ0) is 18.3. The molecule has 2 atom stereocenters. The van der Waals surface area contributed by atoms with Crippen molar-refractivity contribution in [1.82, 2.24) is 9.88 Å². The highest BCUT2D eigenvalue weighted by molar-refractivity contribution is 5.88. The van der Waals surface area contributed by atoms with Crippen LogP contribution < -0.4 is 4.74 Å². The number of carbonyl (C=O) groups excluding carboxylic acids is 1. The Labute approximate surface area is 146 Å². The topological polar surface area (TPSA) is 75.5 Å². The van der Waals surface area contributed by atoms with Crippen LogP contribution in [0.25, 0.3) is 0 Å². The summed E-state index contributed by atoms with van der Waals surface area (Å²) in [5, 5.41) is 9.21. The van der Waals surface area contributed by atoms with Gasteiger partial charge in [0, 0.05) is 37.2 Å². The van der Waals surface area contributed by atoms with Gasteiger partial charge in [-0.15, -0.1) is 0 Å². The van der Waals surface area contributed by atoms with Gasteiger partial charge in [-0.25, -0.2) is 0 Å². The summed E-state index contributed by atoms with van der Waals surface area (Å²) in [6.45, 7) is -0.190. The summed E-state index contributed by atoms with van der Waals surface area (Å²) >= 11 is 0. The summed E-state index contributed by atoms with van der Waals surface area (Å²) in [7, 11) is 0. The number of nitriles is 1. The van der Waals surface area contributed by atoms with Gasteiger partial charge < -0.3 is 14.4 Å². The number of halogens is 3. The maximum Gasteiger partial charge on any atom is 0.396 e. The molecule has 1 saturated carbocycles. The maximum absolute atomic E-state index is 13.2. The lowest BCUT2D eigenvalue weighted by Crippen LogP contribution is -2.59. The molecule has 5 aliphatic rings. The summed E-state index contributed by atoms with van der Waals surface area (Å²) in [5.74, 6) is 0.00308. The van der Waals surface area contributed by atoms with Gasteiger partial charge in [0.25, 0.3) is 5.91 Å². The van der Waals surface area contributed by atoms with Gasteiger partial charge >= 0.3 is 6.18 Å². The van der Waals surface area contributed by atoms with E-state index in [2.05, 4.69) is 4.98 Å². The molecule has 4 bridgehead atoms. The zero-order valence-electron chi connectivity index (χ0n) is 13.5. The monoisotopic (exact) mass is 365 g/mol. The number of aromatic nitrogens is 1. The Morgan fingerprint density at radius 1 is 1.38 bits per heavy atom. The number of ether oxygens (including phenoxy) is 2. The van der Waals surface area contributed by atoms with Crippen molar-refractivity contribution in [2.75, 3.05) is 13.2 Å². The number of nitrogens with zero attached hydrogens (tertiary/aromatic N) is 3. The lowest BCUT2D eigenvalue weighted by molar-refractivity contribution is -0.243. The molecule has 6 nitrogen and oxygen atoms in total. The molecule has 0 radical (unpaired) electrons. The van der Waals surface area contributed by atoms with Gasteiger partial charge in [-0.05, 0) is 0 Å². The second-order valence-electron chi connectivity index (χ2n) is 7.58. The molecule has 1 aliphatic carbocycles. The van der Waals surface area contributed by atoms with E-state index in [1.54, 1.807) is 11.1 Å². The molecule has 0 N–H and O–H groups in total. The molecule has 0 unspecified atom stereocenters. The average Bonchev–Trinajstić information content (AvgIpc) is 3.24. The van der Waals surface area contributed by atoms with Crippen LogP contribution in [0.5, 0.6) is 5.75 Å². The van der Waals surface area contributed by atoms with Crippen molar-refractivity contribution < 1.29 is 27.4 Å². The number of amides is 1. The van der Waals surface area contributed by atoms with Crippen molar-refractivity contribution in [2.45, 2.75) is 43.2 Å². The molecule has 136 valence electrons. The van der Waals surface area contributed by atoms with Gasteiger partial charge in [0.05, 0.1) is 24.6 Å². The van der Waals surface area contributed by atoms with Crippen molar-refractivity contribution in [3.05, 3.63) is 23.5 Å². The Hall–Kier alpha value is -2.34. The minimum Gasteiger partial charge on any atom is -0.487 e. The van der Waals surface area contributed by atoms with E-state index in [0.29, 0.717) is 23.3 Å². The number of alkyl halides is 3. The number of fused-ring (bicyclic) bond motifs is 5. The fourth-order valence-electron chi connectivity index (χ4n) is 4.76. The summed E-state index contributed by atoms with van der Waals surface area (Å²) in [6.07, 6.45) is -1.79. The Kier molecular flexibility index (Phi) is 2.86. The highest BCUT2D eigenvalue weighted by Crippen LogP contribution is 2.65. The largest absolute Gasteiger partial charge is 0.487 e. The molecular formula is C17H14F3N3O3. The van der Waals surface area contributed by atoms with Gasteiger partial charge in [-0.1, -0.05) is 0 Å². The Bertz CT molecular complexity index is 857. The van der Waals surface area contributed by atoms with Crippen LogP contribution in [0.1, 0.15) is 36.4 Å². The number of likely N-dealkylation sites (tertiary alicyclic amines) is 1. The van der Waals surface area contributed by atoms with Crippen molar-refractivity contribution in [1.29, 1.82) is 5.26 Å². The maximum atomic E-state index is 13.2. The number of pyridine rings is 1. The molecule has 4 fully saturated rings. The highest BCUT2D eigenvalue weighted by Gasteiger charge is 2.77.